The summed E-state index contributed by atoms with van der Waals surface area (Å²) < 4.78 is 12.7. The molecule has 0 spiro atoms. The Balaban J connectivity index is 2.08. The molecule has 0 aliphatic carbocycles. The van der Waals surface area contributed by atoms with Crippen molar-refractivity contribution < 1.29 is 24.2 Å². The molecule has 29 heavy (non-hydrogen) atoms. The fourth-order valence-corrected chi connectivity index (χ4v) is 4.90. The molecule has 154 valence electrons. The van der Waals surface area contributed by atoms with Crippen LogP contribution < -0.4 is 20.2 Å². The van der Waals surface area contributed by atoms with Crippen LogP contribution in [0.15, 0.2) is 42.8 Å². The van der Waals surface area contributed by atoms with Crippen LogP contribution in [0, 0.1) is 0 Å². The number of amides is 1. The zero-order valence-electron chi connectivity index (χ0n) is 15.3. The lowest BCUT2D eigenvalue weighted by Crippen LogP contribution is -2.26. The number of methoxy groups -OCH3 is 2. The van der Waals surface area contributed by atoms with E-state index < -0.39 is 11.9 Å². The van der Waals surface area contributed by atoms with Gasteiger partial charge in [0.15, 0.2) is 11.5 Å². The number of nitrogens with one attached hydrogen (secondary N) is 2. The van der Waals surface area contributed by atoms with Gasteiger partial charge in [-0.1, -0.05) is 15.9 Å². The van der Waals surface area contributed by atoms with Gasteiger partial charge in [-0.05, 0) is 56.1 Å². The predicted octanol–water partition coefficient (Wildman–Crippen LogP) is 4.25. The number of halogens is 3. The maximum Gasteiger partial charge on any atom is 0.340 e. The van der Waals surface area contributed by atoms with Crippen LogP contribution in [-0.2, 0) is 4.79 Å². The van der Waals surface area contributed by atoms with Gasteiger partial charge in [0.05, 0.1) is 32.7 Å². The first-order chi connectivity index (χ1) is 13.8. The fourth-order valence-electron chi connectivity index (χ4n) is 2.36. The van der Waals surface area contributed by atoms with E-state index in [0.29, 0.717) is 5.69 Å². The van der Waals surface area contributed by atoms with Crippen molar-refractivity contribution in [1.29, 1.82) is 0 Å². The molecule has 0 radical (unpaired) electrons. The fraction of sp³-hybridized carbons (Fsp3) is 0.167. The molecule has 0 heterocycles. The highest BCUT2D eigenvalue weighted by Gasteiger charge is 2.20. The number of benzene rings is 2. The van der Waals surface area contributed by atoms with Gasteiger partial charge in [0.25, 0.3) is 5.91 Å². The molecule has 2 aromatic carbocycles. The van der Waals surface area contributed by atoms with Crippen LogP contribution in [0.25, 0.3) is 0 Å². The summed E-state index contributed by atoms with van der Waals surface area (Å²) in [6, 6.07) is 6.74. The Kier molecular flexibility index (Phi) is 8.47. The smallest absolute Gasteiger partial charge is 0.340 e. The molecule has 1 amide bonds. The van der Waals surface area contributed by atoms with Crippen molar-refractivity contribution in [2.24, 2.45) is 5.10 Å². The van der Waals surface area contributed by atoms with Crippen LogP contribution >= 0.6 is 47.8 Å². The third-order valence-electron chi connectivity index (χ3n) is 3.62. The lowest BCUT2D eigenvalue weighted by molar-refractivity contribution is -0.119. The molecule has 0 bridgehead atoms. The number of anilines is 1. The van der Waals surface area contributed by atoms with Crippen molar-refractivity contribution >= 4 is 71.6 Å². The van der Waals surface area contributed by atoms with Crippen molar-refractivity contribution in [1.82, 2.24) is 5.43 Å². The van der Waals surface area contributed by atoms with E-state index in [9.17, 15) is 14.7 Å². The number of hydrogen-bond donors (Lipinski definition) is 3. The number of rotatable bonds is 8. The van der Waals surface area contributed by atoms with E-state index in [-0.39, 0.29) is 29.2 Å². The number of carbonyl (C=O) groups excluding carboxylic acids is 1. The van der Waals surface area contributed by atoms with E-state index in [2.05, 4.69) is 63.6 Å². The van der Waals surface area contributed by atoms with Crippen molar-refractivity contribution in [3.63, 3.8) is 0 Å². The Morgan fingerprint density at radius 1 is 1.14 bits per heavy atom. The summed E-state index contributed by atoms with van der Waals surface area (Å²) in [4.78, 5) is 23.7. The van der Waals surface area contributed by atoms with Crippen LogP contribution in [0.3, 0.4) is 0 Å². The molecular formula is C18H16Br3N3O5. The Morgan fingerprint density at radius 2 is 1.79 bits per heavy atom. The van der Waals surface area contributed by atoms with Gasteiger partial charge in [-0.25, -0.2) is 10.2 Å². The maximum atomic E-state index is 12.1. The van der Waals surface area contributed by atoms with Gasteiger partial charge in [0.2, 0.25) is 0 Å². The molecule has 0 aliphatic rings. The van der Waals surface area contributed by atoms with Crippen molar-refractivity contribution in [2.75, 3.05) is 26.1 Å². The number of ether oxygens (including phenoxy) is 2. The van der Waals surface area contributed by atoms with E-state index in [1.54, 1.807) is 6.07 Å². The average Bonchev–Trinajstić information content (AvgIpc) is 2.66. The van der Waals surface area contributed by atoms with Gasteiger partial charge in [-0.15, -0.1) is 0 Å². The molecule has 0 fully saturated rings. The number of aromatic carboxylic acids is 1. The summed E-state index contributed by atoms with van der Waals surface area (Å²) in [6.45, 7) is -0.0477. The van der Waals surface area contributed by atoms with Gasteiger partial charge < -0.3 is 19.9 Å². The largest absolute Gasteiger partial charge is 0.493 e. The maximum absolute atomic E-state index is 12.1. The summed E-state index contributed by atoms with van der Waals surface area (Å²) in [6.07, 6.45) is 1.23. The van der Waals surface area contributed by atoms with Crippen LogP contribution in [-0.4, -0.2) is 44.0 Å². The number of hydrazone groups is 1. The van der Waals surface area contributed by atoms with Crippen molar-refractivity contribution in [3.05, 3.63) is 48.8 Å². The van der Waals surface area contributed by atoms with E-state index >= 15 is 0 Å². The quantitative estimate of drug-likeness (QED) is 0.312. The predicted molar refractivity (Wildman–Crippen MR) is 120 cm³/mol. The summed E-state index contributed by atoms with van der Waals surface area (Å²) in [5.41, 5.74) is 3.19. The first-order valence-electron chi connectivity index (χ1n) is 7.97. The van der Waals surface area contributed by atoms with Gasteiger partial charge in [0.1, 0.15) is 5.56 Å². The zero-order chi connectivity index (χ0) is 21.6. The van der Waals surface area contributed by atoms with Gasteiger partial charge >= 0.3 is 5.97 Å². The molecule has 0 unspecified atom stereocenters. The van der Waals surface area contributed by atoms with E-state index in [4.69, 9.17) is 9.47 Å². The summed E-state index contributed by atoms with van der Waals surface area (Å²) in [7, 11) is 2.75. The van der Waals surface area contributed by atoms with Crippen molar-refractivity contribution in [2.45, 2.75) is 0 Å². The third-order valence-corrected chi connectivity index (χ3v) is 5.33. The van der Waals surface area contributed by atoms with Crippen LogP contribution in [0.4, 0.5) is 5.69 Å². The minimum Gasteiger partial charge on any atom is -0.493 e. The Hall–Kier alpha value is -2.11. The lowest BCUT2D eigenvalue weighted by Gasteiger charge is -2.12. The van der Waals surface area contributed by atoms with E-state index in [1.165, 1.54) is 26.5 Å². The van der Waals surface area contributed by atoms with Gasteiger partial charge in [-0.3, -0.25) is 4.79 Å². The second kappa shape index (κ2) is 10.6. The van der Waals surface area contributed by atoms with E-state index in [1.807, 2.05) is 12.1 Å². The number of hydrogen-bond acceptors (Lipinski definition) is 6. The number of carbonyl (C=O) groups is 2. The average molecular weight is 594 g/mol. The molecule has 0 aliphatic heterocycles. The standard InChI is InChI=1S/C18H16Br3N3O5/c1-28-13-4-3-9(15(18(26)27)17(13)29-2)7-23-24-14(25)8-22-16-11(20)5-10(19)6-12(16)21/h3-7,22H,8H2,1-2H3,(H,24,25)(H,26,27)/b23-7+. The Bertz CT molecular complexity index is 943. The molecule has 2 rings (SSSR count). The first kappa shape index (κ1) is 23.2. The number of nitrogens with zero attached hydrogens (tertiary/aromatic N) is 1. The molecule has 0 aromatic heterocycles. The zero-order valence-corrected chi connectivity index (χ0v) is 20.0. The molecule has 2 aromatic rings. The molecular weight excluding hydrogens is 578 g/mol. The van der Waals surface area contributed by atoms with Crippen molar-refractivity contribution in [3.8, 4) is 11.5 Å². The minimum atomic E-state index is -1.21. The summed E-state index contributed by atoms with van der Waals surface area (Å²) in [5.74, 6) is -1.27. The molecule has 0 atom stereocenters. The topological polar surface area (TPSA) is 109 Å². The highest BCUT2D eigenvalue weighted by atomic mass is 79.9. The van der Waals surface area contributed by atoms with Crippen LogP contribution in [0.2, 0.25) is 0 Å². The molecule has 11 heteroatoms. The normalized spacial score (nSPS) is 10.7. The second-order valence-electron chi connectivity index (χ2n) is 5.46. The first-order valence-corrected chi connectivity index (χ1v) is 10.3. The van der Waals surface area contributed by atoms with Crippen LogP contribution in [0.1, 0.15) is 15.9 Å². The SMILES string of the molecule is COc1ccc(/C=N/NC(=O)CNc2c(Br)cc(Br)cc2Br)c(C(=O)O)c1OC. The van der Waals surface area contributed by atoms with Gasteiger partial charge in [-0.2, -0.15) is 5.10 Å². The minimum absolute atomic E-state index is 0.0477. The lowest BCUT2D eigenvalue weighted by atomic mass is 10.1. The summed E-state index contributed by atoms with van der Waals surface area (Å²) in [5, 5.41) is 16.3. The van der Waals surface area contributed by atoms with Gasteiger partial charge in [0, 0.05) is 19.0 Å². The molecule has 8 nitrogen and oxygen atoms in total. The highest BCUT2D eigenvalue weighted by molar-refractivity contribution is 9.11. The highest BCUT2D eigenvalue weighted by Crippen LogP contribution is 2.34. The number of carboxylic acid groups (broad SMARTS) is 1. The molecule has 0 saturated carbocycles. The molecule has 3 N–H and O–H groups in total. The number of carboxylic acids is 1. The third kappa shape index (κ3) is 5.94. The molecule has 0 saturated heterocycles. The monoisotopic (exact) mass is 591 g/mol. The van der Waals surface area contributed by atoms with Crippen LogP contribution in [0.5, 0.6) is 11.5 Å². The second-order valence-corrected chi connectivity index (χ2v) is 8.09. The Morgan fingerprint density at radius 3 is 2.34 bits per heavy atom. The van der Waals surface area contributed by atoms with E-state index in [0.717, 1.165) is 13.4 Å². The summed E-state index contributed by atoms with van der Waals surface area (Å²) >= 11 is 10.2. The Labute approximate surface area is 192 Å².